The predicted octanol–water partition coefficient (Wildman–Crippen LogP) is 3.96. The molecule has 1 aromatic carbocycles. The summed E-state index contributed by atoms with van der Waals surface area (Å²) >= 11 is 1.33. The molecule has 1 N–H and O–H groups in total. The first-order valence-corrected chi connectivity index (χ1v) is 9.84. The Hall–Kier alpha value is -1.82. The number of nitrogens with zero attached hydrogens (tertiary/aromatic N) is 2. The first-order valence-electron chi connectivity index (χ1n) is 8.96. The van der Waals surface area contributed by atoms with Crippen molar-refractivity contribution >= 4 is 17.7 Å². The molecule has 1 fully saturated rings. The SMILES string of the molecule is CC(Sc1nnc(CC(C)c2ccccc2)o1)C(=O)NC1CCCC1. The minimum atomic E-state index is -0.236. The minimum Gasteiger partial charge on any atom is -0.416 e. The number of hydrogen-bond acceptors (Lipinski definition) is 5. The smallest absolute Gasteiger partial charge is 0.277 e. The predicted molar refractivity (Wildman–Crippen MR) is 98.6 cm³/mol. The summed E-state index contributed by atoms with van der Waals surface area (Å²) in [5, 5.41) is 11.5. The van der Waals surface area contributed by atoms with E-state index in [0.29, 0.717) is 29.5 Å². The van der Waals surface area contributed by atoms with Crippen LogP contribution in [0.4, 0.5) is 0 Å². The number of nitrogens with one attached hydrogen (secondary N) is 1. The minimum absolute atomic E-state index is 0.0503. The van der Waals surface area contributed by atoms with Gasteiger partial charge in [0.25, 0.3) is 5.22 Å². The van der Waals surface area contributed by atoms with Crippen LogP contribution in [0.25, 0.3) is 0 Å². The maximum Gasteiger partial charge on any atom is 0.277 e. The van der Waals surface area contributed by atoms with Gasteiger partial charge in [-0.3, -0.25) is 4.79 Å². The van der Waals surface area contributed by atoms with E-state index in [2.05, 4.69) is 34.6 Å². The largest absolute Gasteiger partial charge is 0.416 e. The van der Waals surface area contributed by atoms with Crippen molar-refractivity contribution < 1.29 is 9.21 Å². The van der Waals surface area contributed by atoms with Gasteiger partial charge in [-0.1, -0.05) is 61.9 Å². The highest BCUT2D eigenvalue weighted by molar-refractivity contribution is 8.00. The van der Waals surface area contributed by atoms with E-state index in [4.69, 9.17) is 4.42 Å². The first kappa shape index (κ1) is 18.0. The van der Waals surface area contributed by atoms with Crippen LogP contribution in [0.3, 0.4) is 0 Å². The zero-order valence-corrected chi connectivity index (χ0v) is 15.6. The number of aromatic nitrogens is 2. The van der Waals surface area contributed by atoms with E-state index in [0.717, 1.165) is 12.8 Å². The van der Waals surface area contributed by atoms with Gasteiger partial charge in [0.2, 0.25) is 11.8 Å². The van der Waals surface area contributed by atoms with Crippen LogP contribution in [0.15, 0.2) is 40.0 Å². The van der Waals surface area contributed by atoms with Crippen molar-refractivity contribution in [2.75, 3.05) is 0 Å². The Labute approximate surface area is 153 Å². The third-order valence-corrected chi connectivity index (χ3v) is 5.58. The third kappa shape index (κ3) is 5.08. The summed E-state index contributed by atoms with van der Waals surface area (Å²) in [7, 11) is 0. The van der Waals surface area contributed by atoms with Gasteiger partial charge in [-0.15, -0.1) is 10.2 Å². The number of benzene rings is 1. The molecule has 0 saturated heterocycles. The Bertz CT molecular complexity index is 683. The molecule has 1 amide bonds. The van der Waals surface area contributed by atoms with Crippen molar-refractivity contribution in [1.29, 1.82) is 0 Å². The number of hydrogen-bond donors (Lipinski definition) is 1. The fraction of sp³-hybridized carbons (Fsp3) is 0.526. The number of rotatable bonds is 7. The van der Waals surface area contributed by atoms with E-state index >= 15 is 0 Å². The molecule has 0 radical (unpaired) electrons. The molecule has 2 aromatic rings. The monoisotopic (exact) mass is 359 g/mol. The number of thioether (sulfide) groups is 1. The lowest BCUT2D eigenvalue weighted by Crippen LogP contribution is -2.37. The average Bonchev–Trinajstić information content (AvgIpc) is 3.27. The highest BCUT2D eigenvalue weighted by atomic mass is 32.2. The van der Waals surface area contributed by atoms with Gasteiger partial charge in [-0.2, -0.15) is 0 Å². The van der Waals surface area contributed by atoms with Crippen LogP contribution in [0.5, 0.6) is 0 Å². The van der Waals surface area contributed by atoms with Crippen molar-refractivity contribution in [3.05, 3.63) is 41.8 Å². The van der Waals surface area contributed by atoms with Crippen LogP contribution >= 0.6 is 11.8 Å². The van der Waals surface area contributed by atoms with Crippen molar-refractivity contribution in [2.24, 2.45) is 0 Å². The lowest BCUT2D eigenvalue weighted by Gasteiger charge is -2.14. The average molecular weight is 359 g/mol. The quantitative estimate of drug-likeness (QED) is 0.758. The normalized spacial score (nSPS) is 17.4. The molecule has 1 aromatic heterocycles. The van der Waals surface area contributed by atoms with Gasteiger partial charge in [0.15, 0.2) is 0 Å². The molecule has 134 valence electrons. The molecule has 25 heavy (non-hydrogen) atoms. The standard InChI is InChI=1S/C19H25N3O2S/c1-13(15-8-4-3-5-9-15)12-17-21-22-19(24-17)25-14(2)18(23)20-16-10-6-7-11-16/h3-5,8-9,13-14,16H,6-7,10-12H2,1-2H3,(H,20,23). The fourth-order valence-corrected chi connectivity index (χ4v) is 3.83. The van der Waals surface area contributed by atoms with Crippen molar-refractivity contribution in [3.63, 3.8) is 0 Å². The lowest BCUT2D eigenvalue weighted by molar-refractivity contribution is -0.120. The second-order valence-electron chi connectivity index (χ2n) is 6.73. The molecule has 0 bridgehead atoms. The summed E-state index contributed by atoms with van der Waals surface area (Å²) in [6.45, 7) is 4.02. The van der Waals surface area contributed by atoms with Crippen LogP contribution in [0.1, 0.15) is 56.9 Å². The van der Waals surface area contributed by atoms with Crippen LogP contribution < -0.4 is 5.32 Å². The van der Waals surface area contributed by atoms with Gasteiger partial charge in [-0.05, 0) is 31.2 Å². The molecule has 2 unspecified atom stereocenters. The first-order chi connectivity index (χ1) is 12.1. The lowest BCUT2D eigenvalue weighted by atomic mass is 9.98. The van der Waals surface area contributed by atoms with E-state index in [9.17, 15) is 4.79 Å². The van der Waals surface area contributed by atoms with Gasteiger partial charge in [0.05, 0.1) is 5.25 Å². The number of carbonyl (C=O) groups excluding carboxylic acids is 1. The summed E-state index contributed by atoms with van der Waals surface area (Å²) in [4.78, 5) is 12.3. The molecule has 2 atom stereocenters. The molecular weight excluding hydrogens is 334 g/mol. The zero-order valence-electron chi connectivity index (χ0n) is 14.8. The maximum absolute atomic E-state index is 12.3. The Morgan fingerprint density at radius 3 is 2.68 bits per heavy atom. The Kier molecular flexibility index (Phi) is 6.13. The third-order valence-electron chi connectivity index (χ3n) is 4.65. The molecule has 3 rings (SSSR count). The van der Waals surface area contributed by atoms with E-state index < -0.39 is 0 Å². The Balaban J connectivity index is 1.51. The van der Waals surface area contributed by atoms with Gasteiger partial charge in [-0.25, -0.2) is 0 Å². The molecule has 1 saturated carbocycles. The summed E-state index contributed by atoms with van der Waals surface area (Å²) in [6, 6.07) is 10.6. The second-order valence-corrected chi connectivity index (χ2v) is 8.02. The van der Waals surface area contributed by atoms with Crippen LogP contribution in [0.2, 0.25) is 0 Å². The van der Waals surface area contributed by atoms with Gasteiger partial charge >= 0.3 is 0 Å². The van der Waals surface area contributed by atoms with E-state index in [1.165, 1.54) is 30.2 Å². The highest BCUT2D eigenvalue weighted by Crippen LogP contribution is 2.25. The van der Waals surface area contributed by atoms with Gasteiger partial charge < -0.3 is 9.73 Å². The summed E-state index contributed by atoms with van der Waals surface area (Å²) < 4.78 is 5.73. The molecule has 5 nitrogen and oxygen atoms in total. The number of carbonyl (C=O) groups is 1. The Morgan fingerprint density at radius 2 is 1.96 bits per heavy atom. The zero-order chi connectivity index (χ0) is 17.6. The molecule has 6 heteroatoms. The summed E-state index contributed by atoms with van der Waals surface area (Å²) in [6.07, 6.45) is 5.29. The van der Waals surface area contributed by atoms with Crippen LogP contribution in [-0.2, 0) is 11.2 Å². The molecule has 1 aliphatic rings. The van der Waals surface area contributed by atoms with E-state index in [1.54, 1.807) is 0 Å². The van der Waals surface area contributed by atoms with Gasteiger partial charge in [0.1, 0.15) is 0 Å². The van der Waals surface area contributed by atoms with E-state index in [1.807, 2.05) is 25.1 Å². The summed E-state index contributed by atoms with van der Waals surface area (Å²) in [5.74, 6) is 0.971. The van der Waals surface area contributed by atoms with Crippen molar-refractivity contribution in [3.8, 4) is 0 Å². The second kappa shape index (κ2) is 8.52. The van der Waals surface area contributed by atoms with E-state index in [-0.39, 0.29) is 11.2 Å². The molecular formula is C19H25N3O2S. The maximum atomic E-state index is 12.3. The molecule has 0 spiro atoms. The summed E-state index contributed by atoms with van der Waals surface area (Å²) in [5.41, 5.74) is 1.25. The molecule has 0 aliphatic heterocycles. The van der Waals surface area contributed by atoms with Crippen LogP contribution in [0, 0.1) is 0 Å². The fourth-order valence-electron chi connectivity index (χ4n) is 3.12. The Morgan fingerprint density at radius 1 is 1.24 bits per heavy atom. The topological polar surface area (TPSA) is 68.0 Å². The van der Waals surface area contributed by atoms with Crippen molar-refractivity contribution in [2.45, 2.75) is 68.4 Å². The number of amides is 1. The molecule has 1 aliphatic carbocycles. The van der Waals surface area contributed by atoms with Gasteiger partial charge in [0, 0.05) is 12.5 Å². The highest BCUT2D eigenvalue weighted by Gasteiger charge is 2.23. The van der Waals surface area contributed by atoms with Crippen LogP contribution in [-0.4, -0.2) is 27.4 Å². The van der Waals surface area contributed by atoms with Crippen molar-refractivity contribution in [1.82, 2.24) is 15.5 Å². The molecule has 1 heterocycles.